The van der Waals surface area contributed by atoms with Gasteiger partial charge in [-0.25, -0.2) is 18.9 Å². The molecule has 6 heterocycles. The van der Waals surface area contributed by atoms with Gasteiger partial charge in [0.1, 0.15) is 12.4 Å². The van der Waals surface area contributed by atoms with Crippen molar-refractivity contribution in [3.05, 3.63) is 28.6 Å². The quantitative estimate of drug-likeness (QED) is 0.219. The monoisotopic (exact) mass is 613 g/mol. The number of nitrogens with one attached hydrogen (secondary N) is 1. The summed E-state index contributed by atoms with van der Waals surface area (Å²) in [4.78, 5) is 37.4. The molecule has 0 aliphatic carbocycles. The van der Waals surface area contributed by atoms with E-state index in [2.05, 4.69) is 35.3 Å². The lowest BCUT2D eigenvalue weighted by molar-refractivity contribution is -0.227. The van der Waals surface area contributed by atoms with Gasteiger partial charge in [-0.3, -0.25) is 14.3 Å². The van der Waals surface area contributed by atoms with E-state index in [9.17, 15) is 9.69 Å². The van der Waals surface area contributed by atoms with Crippen molar-refractivity contribution in [3.63, 3.8) is 0 Å². The Hall–Kier alpha value is -3.23. The van der Waals surface area contributed by atoms with Crippen LogP contribution in [0, 0.1) is 5.92 Å². The number of hydrogen-bond donors (Lipinski definition) is 4. The number of alkyl halides is 1. The molecule has 21 heteroatoms. The van der Waals surface area contributed by atoms with Crippen molar-refractivity contribution in [2.75, 3.05) is 24.7 Å². The molecule has 0 radical (unpaired) electrons. The summed E-state index contributed by atoms with van der Waals surface area (Å²) in [5.74, 6) is -0.154. The highest BCUT2D eigenvalue weighted by molar-refractivity contribution is 8.07. The number of aromatic nitrogens is 9. The van der Waals surface area contributed by atoms with Gasteiger partial charge in [0, 0.05) is 0 Å². The zero-order valence-corrected chi connectivity index (χ0v) is 23.0. The molecule has 0 saturated carbocycles. The molecule has 0 bridgehead atoms. The summed E-state index contributed by atoms with van der Waals surface area (Å²) in [5, 5.41) is 11.7. The summed E-state index contributed by atoms with van der Waals surface area (Å²) >= 11 is 5.09. The predicted octanol–water partition coefficient (Wildman–Crippen LogP) is 0.0902. The number of fused-ring (bicyclic) bond motifs is 3. The predicted molar refractivity (Wildman–Crippen MR) is 140 cm³/mol. The summed E-state index contributed by atoms with van der Waals surface area (Å²) in [6.07, 6.45) is -2.24. The molecular weight excluding hydrogens is 588 g/mol. The molecule has 6 N–H and O–H groups in total. The minimum Gasteiger partial charge on any atom is -0.381 e. The molecule has 0 amide bonds. The van der Waals surface area contributed by atoms with Crippen LogP contribution in [0.5, 0.6) is 0 Å². The number of anilines is 2. The molecule has 2 unspecified atom stereocenters. The van der Waals surface area contributed by atoms with Crippen LogP contribution in [0.3, 0.4) is 0 Å². The second-order valence-corrected chi connectivity index (χ2v) is 12.1. The molecule has 7 atom stereocenters. The van der Waals surface area contributed by atoms with Gasteiger partial charge >= 0.3 is 6.72 Å². The largest absolute Gasteiger partial charge is 0.381 e. The highest BCUT2D eigenvalue weighted by Gasteiger charge is 2.41. The summed E-state index contributed by atoms with van der Waals surface area (Å²) in [7, 11) is 0. The van der Waals surface area contributed by atoms with E-state index in [0.717, 1.165) is 4.68 Å². The smallest absolute Gasteiger partial charge is 0.327 e. The molecule has 4 aromatic heterocycles. The van der Waals surface area contributed by atoms with Gasteiger partial charge in [-0.15, -0.1) is 5.10 Å². The first-order chi connectivity index (χ1) is 19.6. The number of aromatic amines is 1. The van der Waals surface area contributed by atoms with Crippen LogP contribution in [0.1, 0.15) is 37.8 Å². The van der Waals surface area contributed by atoms with E-state index in [-0.39, 0.29) is 42.1 Å². The molecule has 0 spiro atoms. The number of rotatable bonds is 2. The SMILES string of the molecule is CC1OCC[C@H]2C[C@H](c3cnc4c(N)ncnn34)O[C@@H]2COP(O)(=S)O[C@H](F)[C@H](n2nnc3c(=O)[nH]c(N)nc32)O1. The average molecular weight is 614 g/mol. The van der Waals surface area contributed by atoms with Crippen LogP contribution in [-0.4, -0.2) is 81.4 Å². The Morgan fingerprint density at radius 1 is 1.27 bits per heavy atom. The Morgan fingerprint density at radius 2 is 2.10 bits per heavy atom. The number of nitrogen functional groups attached to an aromatic ring is 2. The number of nitrogens with zero attached hydrogens (tertiary/aromatic N) is 8. The Labute approximate surface area is 234 Å². The normalized spacial score (nSPS) is 31.9. The summed E-state index contributed by atoms with van der Waals surface area (Å²) < 4.78 is 46.5. The molecule has 220 valence electrons. The highest BCUT2D eigenvalue weighted by Crippen LogP contribution is 2.49. The molecule has 0 aromatic carbocycles. The Bertz CT molecular complexity index is 1690. The number of imidazole rings is 1. The van der Waals surface area contributed by atoms with Crippen molar-refractivity contribution in [3.8, 4) is 0 Å². The Balaban J connectivity index is 1.24. The molecule has 18 nitrogen and oxygen atoms in total. The molecule has 2 fully saturated rings. The van der Waals surface area contributed by atoms with Gasteiger partial charge in [-0.1, -0.05) is 5.21 Å². The highest BCUT2D eigenvalue weighted by atomic mass is 32.5. The summed E-state index contributed by atoms with van der Waals surface area (Å²) in [6.45, 7) is -2.66. The number of halogens is 1. The maximum Gasteiger partial charge on any atom is 0.327 e. The maximum atomic E-state index is 15.6. The third-order valence-corrected chi connectivity index (χ3v) is 8.21. The molecule has 2 aliphatic heterocycles. The van der Waals surface area contributed by atoms with E-state index in [1.807, 2.05) is 0 Å². The van der Waals surface area contributed by atoms with E-state index in [1.54, 1.807) is 10.7 Å². The third-order valence-electron chi connectivity index (χ3n) is 6.70. The van der Waals surface area contributed by atoms with Gasteiger partial charge in [-0.2, -0.15) is 14.8 Å². The zero-order chi connectivity index (χ0) is 28.9. The minimum absolute atomic E-state index is 0.122. The molecule has 4 aromatic rings. The molecule has 41 heavy (non-hydrogen) atoms. The van der Waals surface area contributed by atoms with Crippen molar-refractivity contribution in [2.24, 2.45) is 5.92 Å². The van der Waals surface area contributed by atoms with E-state index < -0.39 is 43.4 Å². The minimum atomic E-state index is -4.19. The summed E-state index contributed by atoms with van der Waals surface area (Å²) in [6, 6.07) is 0. The van der Waals surface area contributed by atoms with Crippen molar-refractivity contribution >= 4 is 47.1 Å². The van der Waals surface area contributed by atoms with Gasteiger partial charge in [0.05, 0.1) is 31.2 Å². The number of hydrogen-bond acceptors (Lipinski definition) is 15. The van der Waals surface area contributed by atoms with E-state index in [4.69, 9.17) is 46.5 Å². The number of ether oxygens (including phenoxy) is 3. The maximum absolute atomic E-state index is 15.6. The van der Waals surface area contributed by atoms with Crippen molar-refractivity contribution in [1.82, 2.24) is 44.5 Å². The fourth-order valence-electron chi connectivity index (χ4n) is 4.80. The fraction of sp³-hybridized carbons (Fsp3) is 0.550. The van der Waals surface area contributed by atoms with Crippen LogP contribution in [0.4, 0.5) is 16.2 Å². The van der Waals surface area contributed by atoms with E-state index in [1.165, 1.54) is 13.3 Å². The van der Waals surface area contributed by atoms with Crippen LogP contribution in [0.25, 0.3) is 16.8 Å². The first-order valence-corrected chi connectivity index (χ1v) is 15.0. The van der Waals surface area contributed by atoms with Crippen LogP contribution in [0.15, 0.2) is 17.3 Å². The van der Waals surface area contributed by atoms with Crippen LogP contribution >= 0.6 is 6.72 Å². The van der Waals surface area contributed by atoms with Gasteiger partial charge < -0.3 is 35.1 Å². The first-order valence-electron chi connectivity index (χ1n) is 12.4. The van der Waals surface area contributed by atoms with Crippen LogP contribution < -0.4 is 17.0 Å². The van der Waals surface area contributed by atoms with E-state index >= 15 is 4.39 Å². The third kappa shape index (κ3) is 5.52. The van der Waals surface area contributed by atoms with Gasteiger partial charge in [-0.05, 0) is 37.5 Å². The molecular formula is C20H25FN11O7PS. The van der Waals surface area contributed by atoms with Crippen LogP contribution in [-0.2, 0) is 35.1 Å². The first kappa shape index (κ1) is 27.9. The lowest BCUT2D eigenvalue weighted by Gasteiger charge is -2.27. The second-order valence-electron chi connectivity index (χ2n) is 9.35. The fourth-order valence-corrected chi connectivity index (χ4v) is 5.99. The number of nitrogens with two attached hydrogens (primary N) is 2. The topological polar surface area (TPSA) is 238 Å². The lowest BCUT2D eigenvalue weighted by Crippen LogP contribution is -2.31. The van der Waals surface area contributed by atoms with Crippen molar-refractivity contribution in [1.29, 1.82) is 0 Å². The van der Waals surface area contributed by atoms with Crippen molar-refractivity contribution < 1.29 is 32.5 Å². The molecule has 2 aliphatic rings. The lowest BCUT2D eigenvalue weighted by atomic mass is 9.95. The van der Waals surface area contributed by atoms with Crippen molar-refractivity contribution in [2.45, 2.75) is 50.8 Å². The second kappa shape index (κ2) is 10.9. The van der Waals surface area contributed by atoms with Crippen LogP contribution in [0.2, 0.25) is 0 Å². The van der Waals surface area contributed by atoms with Gasteiger partial charge in [0.25, 0.3) is 11.9 Å². The number of H-pyrrole nitrogens is 1. The van der Waals surface area contributed by atoms with E-state index in [0.29, 0.717) is 24.2 Å². The Morgan fingerprint density at radius 3 is 2.93 bits per heavy atom. The Kier molecular flexibility index (Phi) is 7.41. The van der Waals surface area contributed by atoms with Gasteiger partial charge in [0.15, 0.2) is 28.9 Å². The molecule has 2 saturated heterocycles. The van der Waals surface area contributed by atoms with Gasteiger partial charge in [0.2, 0.25) is 12.2 Å². The zero-order valence-electron chi connectivity index (χ0n) is 21.3. The standard InChI is InChI=1S/C20H25FN11O7PS/c1-8-35-3-2-9-4-11(10-5-24-17-15(22)25-7-26-31(10)17)38-12(9)6-36-40(34,41)39-14(21)19(37-8)32-16-13(29-30-32)18(33)28-20(23)27-16/h5,7-9,11-12,14,19H,2-4,6H2,1H3,(H,34,41)(H2,22,25,26)(H3,23,27,28,33)/t8?,9-,11+,12+,14-,19+,40?/m0/s1. The molecule has 6 rings (SSSR count). The average Bonchev–Trinajstić information content (AvgIpc) is 3.63. The summed E-state index contributed by atoms with van der Waals surface area (Å²) in [5.41, 5.74) is 11.5.